The summed E-state index contributed by atoms with van der Waals surface area (Å²) in [6, 6.07) is 11.2. The Hall–Kier alpha value is -2.29. The molecule has 0 bridgehead atoms. The minimum Gasteiger partial charge on any atom is -0.496 e. The topological polar surface area (TPSA) is 14.2 Å². The van der Waals surface area contributed by atoms with E-state index >= 15 is 0 Å². The van der Waals surface area contributed by atoms with E-state index in [1.807, 2.05) is 12.1 Å². The van der Waals surface area contributed by atoms with Gasteiger partial charge in [0.25, 0.3) is 0 Å². The highest BCUT2D eigenvalue weighted by atomic mass is 19.1. The molecule has 0 saturated carbocycles. The first-order valence-electron chi connectivity index (χ1n) is 8.10. The number of methoxy groups -OCH3 is 1. The van der Waals surface area contributed by atoms with Crippen LogP contribution in [0, 0.1) is 12.7 Å². The molecular weight excluding hydrogens is 289 g/mol. The zero-order chi connectivity index (χ0) is 16.0. The number of benzene rings is 2. The zero-order valence-corrected chi connectivity index (χ0v) is 13.5. The molecule has 1 aromatic heterocycles. The highest BCUT2D eigenvalue weighted by Gasteiger charge is 2.21. The quantitative estimate of drug-likeness (QED) is 0.688. The predicted octanol–water partition coefficient (Wildman–Crippen LogP) is 4.63. The molecule has 3 aromatic rings. The predicted molar refractivity (Wildman–Crippen MR) is 90.8 cm³/mol. The third-order valence-electron chi connectivity index (χ3n) is 4.90. The Bertz CT molecular complexity index is 877. The minimum atomic E-state index is -0.189. The van der Waals surface area contributed by atoms with Crippen LogP contribution in [-0.4, -0.2) is 11.7 Å². The summed E-state index contributed by atoms with van der Waals surface area (Å²) in [5.74, 6) is 0.770. The van der Waals surface area contributed by atoms with Gasteiger partial charge < -0.3 is 9.30 Å². The Balaban J connectivity index is 1.90. The van der Waals surface area contributed by atoms with Gasteiger partial charge in [0.1, 0.15) is 11.6 Å². The molecule has 1 heterocycles. The molecule has 1 aliphatic rings. The number of aromatic nitrogens is 1. The van der Waals surface area contributed by atoms with Crippen molar-refractivity contribution in [3.8, 4) is 5.75 Å². The normalized spacial score (nSPS) is 13.5. The van der Waals surface area contributed by atoms with Gasteiger partial charge in [-0.25, -0.2) is 4.39 Å². The number of hydrogen-bond acceptors (Lipinski definition) is 1. The van der Waals surface area contributed by atoms with Crippen LogP contribution >= 0.6 is 0 Å². The van der Waals surface area contributed by atoms with Crippen LogP contribution in [0.5, 0.6) is 5.75 Å². The Morgan fingerprint density at radius 1 is 1.13 bits per heavy atom. The third-order valence-corrected chi connectivity index (χ3v) is 4.90. The molecule has 0 unspecified atom stereocenters. The van der Waals surface area contributed by atoms with Crippen molar-refractivity contribution in [1.29, 1.82) is 0 Å². The average Bonchev–Trinajstić information content (AvgIpc) is 3.13. The van der Waals surface area contributed by atoms with Crippen molar-refractivity contribution >= 4 is 10.9 Å². The highest BCUT2D eigenvalue weighted by molar-refractivity contribution is 5.91. The number of nitrogens with zero attached hydrogens (tertiary/aromatic N) is 1. The van der Waals surface area contributed by atoms with Crippen LogP contribution < -0.4 is 4.74 Å². The molecule has 0 radical (unpaired) electrons. The summed E-state index contributed by atoms with van der Waals surface area (Å²) >= 11 is 0. The third kappa shape index (κ3) is 2.31. The maximum absolute atomic E-state index is 13.2. The first-order valence-corrected chi connectivity index (χ1v) is 8.10. The average molecular weight is 309 g/mol. The molecule has 118 valence electrons. The fourth-order valence-corrected chi connectivity index (χ4v) is 3.77. The Morgan fingerprint density at radius 2 is 1.91 bits per heavy atom. The second kappa shape index (κ2) is 5.41. The molecule has 0 spiro atoms. The van der Waals surface area contributed by atoms with E-state index in [1.165, 1.54) is 46.3 Å². The van der Waals surface area contributed by atoms with Crippen LogP contribution in [0.4, 0.5) is 4.39 Å². The summed E-state index contributed by atoms with van der Waals surface area (Å²) in [4.78, 5) is 0. The summed E-state index contributed by atoms with van der Waals surface area (Å²) < 4.78 is 21.1. The van der Waals surface area contributed by atoms with Crippen LogP contribution in [0.25, 0.3) is 10.9 Å². The molecule has 0 atom stereocenters. The summed E-state index contributed by atoms with van der Waals surface area (Å²) in [6.45, 7) is 2.89. The first-order chi connectivity index (χ1) is 11.2. The lowest BCUT2D eigenvalue weighted by molar-refractivity contribution is 0.419. The van der Waals surface area contributed by atoms with Gasteiger partial charge in [-0.1, -0.05) is 12.1 Å². The van der Waals surface area contributed by atoms with Gasteiger partial charge in [-0.3, -0.25) is 0 Å². The number of fused-ring (bicyclic) bond motifs is 3. The van der Waals surface area contributed by atoms with Crippen molar-refractivity contribution in [2.24, 2.45) is 0 Å². The van der Waals surface area contributed by atoms with E-state index in [4.69, 9.17) is 4.74 Å². The van der Waals surface area contributed by atoms with Gasteiger partial charge in [0.2, 0.25) is 0 Å². The monoisotopic (exact) mass is 309 g/mol. The number of rotatable bonds is 3. The lowest BCUT2D eigenvalue weighted by atomic mass is 10.1. The van der Waals surface area contributed by atoms with E-state index in [9.17, 15) is 4.39 Å². The highest BCUT2D eigenvalue weighted by Crippen LogP contribution is 2.38. The maximum atomic E-state index is 13.2. The summed E-state index contributed by atoms with van der Waals surface area (Å²) in [7, 11) is 1.74. The fraction of sp³-hybridized carbons (Fsp3) is 0.300. The maximum Gasteiger partial charge on any atom is 0.128 e. The SMILES string of the molecule is COc1cc2c(c3c1cc(C)n3Cc1ccc(F)cc1)CCC2. The zero-order valence-electron chi connectivity index (χ0n) is 13.5. The van der Waals surface area contributed by atoms with Crippen LogP contribution in [0.1, 0.15) is 28.8 Å². The summed E-state index contributed by atoms with van der Waals surface area (Å²) in [5, 5.41) is 1.19. The molecule has 0 aliphatic heterocycles. The number of ether oxygens (including phenoxy) is 1. The molecule has 3 heteroatoms. The van der Waals surface area contributed by atoms with Crippen LogP contribution in [-0.2, 0) is 19.4 Å². The molecule has 2 aromatic carbocycles. The van der Waals surface area contributed by atoms with E-state index in [-0.39, 0.29) is 5.82 Å². The second-order valence-corrected chi connectivity index (χ2v) is 6.33. The number of aryl methyl sites for hydroxylation is 3. The van der Waals surface area contributed by atoms with Gasteiger partial charge in [-0.05, 0) is 67.1 Å². The molecule has 0 amide bonds. The molecule has 1 aliphatic carbocycles. The van der Waals surface area contributed by atoms with E-state index in [0.717, 1.165) is 30.7 Å². The number of hydrogen-bond donors (Lipinski definition) is 0. The van der Waals surface area contributed by atoms with Gasteiger partial charge >= 0.3 is 0 Å². The molecule has 23 heavy (non-hydrogen) atoms. The van der Waals surface area contributed by atoms with Crippen molar-refractivity contribution in [3.05, 3.63) is 64.6 Å². The molecule has 0 N–H and O–H groups in total. The van der Waals surface area contributed by atoms with Crippen molar-refractivity contribution in [2.75, 3.05) is 7.11 Å². The molecule has 2 nitrogen and oxygen atoms in total. The smallest absolute Gasteiger partial charge is 0.128 e. The second-order valence-electron chi connectivity index (χ2n) is 6.33. The lowest BCUT2D eigenvalue weighted by Crippen LogP contribution is -2.03. The van der Waals surface area contributed by atoms with Gasteiger partial charge in [0.15, 0.2) is 0 Å². The largest absolute Gasteiger partial charge is 0.496 e. The van der Waals surface area contributed by atoms with E-state index in [1.54, 1.807) is 7.11 Å². The Morgan fingerprint density at radius 3 is 2.65 bits per heavy atom. The van der Waals surface area contributed by atoms with Gasteiger partial charge in [0.05, 0.1) is 12.6 Å². The van der Waals surface area contributed by atoms with Crippen LogP contribution in [0.15, 0.2) is 36.4 Å². The van der Waals surface area contributed by atoms with Crippen LogP contribution in [0.3, 0.4) is 0 Å². The van der Waals surface area contributed by atoms with E-state index < -0.39 is 0 Å². The van der Waals surface area contributed by atoms with Gasteiger partial charge in [-0.2, -0.15) is 0 Å². The minimum absolute atomic E-state index is 0.189. The fourth-order valence-electron chi connectivity index (χ4n) is 3.77. The summed E-state index contributed by atoms with van der Waals surface area (Å²) in [6.07, 6.45) is 3.46. The van der Waals surface area contributed by atoms with Gasteiger partial charge in [-0.15, -0.1) is 0 Å². The molecule has 4 rings (SSSR count). The van der Waals surface area contributed by atoms with E-state index in [2.05, 4.69) is 23.6 Å². The van der Waals surface area contributed by atoms with Crippen molar-refractivity contribution in [2.45, 2.75) is 32.7 Å². The lowest BCUT2D eigenvalue weighted by Gasteiger charge is -2.13. The molecular formula is C20H20FNO. The Kier molecular flexibility index (Phi) is 3.37. The molecule has 0 fully saturated rings. The Labute approximate surface area is 135 Å². The standard InChI is InChI=1S/C20H20FNO/c1-13-10-18-19(23-2)11-15-4-3-5-17(15)20(18)22(13)12-14-6-8-16(21)9-7-14/h6-11H,3-5,12H2,1-2H3. The van der Waals surface area contributed by atoms with Crippen molar-refractivity contribution < 1.29 is 9.13 Å². The van der Waals surface area contributed by atoms with Crippen molar-refractivity contribution in [1.82, 2.24) is 4.57 Å². The van der Waals surface area contributed by atoms with E-state index in [0.29, 0.717) is 0 Å². The van der Waals surface area contributed by atoms with Gasteiger partial charge in [0, 0.05) is 17.6 Å². The van der Waals surface area contributed by atoms with Crippen molar-refractivity contribution in [3.63, 3.8) is 0 Å². The van der Waals surface area contributed by atoms with Crippen LogP contribution in [0.2, 0.25) is 0 Å². The number of halogens is 1. The first kappa shape index (κ1) is 14.3. The summed E-state index contributed by atoms with van der Waals surface area (Å²) in [5.41, 5.74) is 6.48. The molecule has 0 saturated heterocycles.